The summed E-state index contributed by atoms with van der Waals surface area (Å²) in [5, 5.41) is 0. The average molecular weight is 224 g/mol. The van der Waals surface area contributed by atoms with E-state index in [2.05, 4.69) is 0 Å². The van der Waals surface area contributed by atoms with Crippen LogP contribution < -0.4 is 0 Å². The van der Waals surface area contributed by atoms with Gasteiger partial charge in [-0.05, 0) is 44.4 Å². The van der Waals surface area contributed by atoms with Gasteiger partial charge in [-0.2, -0.15) is 0 Å². The summed E-state index contributed by atoms with van der Waals surface area (Å²) in [6.07, 6.45) is 9.52. The Morgan fingerprint density at radius 3 is 2.44 bits per heavy atom. The molecule has 92 valence electrons. The molecule has 0 aromatic heterocycles. The van der Waals surface area contributed by atoms with Gasteiger partial charge in [-0.1, -0.05) is 19.3 Å². The van der Waals surface area contributed by atoms with Crippen molar-refractivity contribution in [2.24, 2.45) is 11.8 Å². The van der Waals surface area contributed by atoms with Crippen LogP contribution in [-0.4, -0.2) is 18.5 Å². The highest BCUT2D eigenvalue weighted by Crippen LogP contribution is 2.35. The van der Waals surface area contributed by atoms with Crippen molar-refractivity contribution in [1.29, 1.82) is 0 Å². The van der Waals surface area contributed by atoms with E-state index < -0.39 is 0 Å². The van der Waals surface area contributed by atoms with Crippen molar-refractivity contribution < 1.29 is 9.53 Å². The van der Waals surface area contributed by atoms with E-state index in [-0.39, 0.29) is 6.10 Å². The lowest BCUT2D eigenvalue weighted by Gasteiger charge is -2.29. The summed E-state index contributed by atoms with van der Waals surface area (Å²) in [4.78, 5) is 12.2. The fraction of sp³-hybridized carbons (Fsp3) is 0.929. The zero-order valence-corrected chi connectivity index (χ0v) is 10.4. The summed E-state index contributed by atoms with van der Waals surface area (Å²) in [5.74, 6) is 1.59. The second-order valence-corrected chi connectivity index (χ2v) is 5.39. The summed E-state index contributed by atoms with van der Waals surface area (Å²) in [7, 11) is 0. The Kier molecular flexibility index (Phi) is 4.39. The molecule has 2 rings (SSSR count). The van der Waals surface area contributed by atoms with Gasteiger partial charge in [0.15, 0.2) is 5.78 Å². The Bertz CT molecular complexity index is 227. The first-order valence-electron chi connectivity index (χ1n) is 6.95. The third kappa shape index (κ3) is 3.31. The molecule has 0 radical (unpaired) electrons. The van der Waals surface area contributed by atoms with E-state index in [1.54, 1.807) is 0 Å². The van der Waals surface area contributed by atoms with Gasteiger partial charge in [0.25, 0.3) is 0 Å². The minimum absolute atomic E-state index is 0.0779. The highest BCUT2D eigenvalue weighted by molar-refractivity contribution is 5.83. The molecule has 2 nitrogen and oxygen atoms in total. The summed E-state index contributed by atoms with van der Waals surface area (Å²) in [5.41, 5.74) is 0. The third-order valence-corrected chi connectivity index (χ3v) is 3.93. The molecule has 0 N–H and O–H groups in total. The maximum atomic E-state index is 12.2. The van der Waals surface area contributed by atoms with E-state index in [0.29, 0.717) is 24.2 Å². The van der Waals surface area contributed by atoms with Gasteiger partial charge in [0.1, 0.15) is 6.10 Å². The molecular weight excluding hydrogens is 200 g/mol. The second kappa shape index (κ2) is 5.81. The summed E-state index contributed by atoms with van der Waals surface area (Å²) in [6.45, 7) is 2.68. The topological polar surface area (TPSA) is 26.3 Å². The third-order valence-electron chi connectivity index (χ3n) is 3.93. The van der Waals surface area contributed by atoms with E-state index in [1.807, 2.05) is 6.92 Å². The summed E-state index contributed by atoms with van der Waals surface area (Å²) in [6, 6.07) is 0. The minimum atomic E-state index is -0.0779. The van der Waals surface area contributed by atoms with Gasteiger partial charge in [0.05, 0.1) is 0 Å². The van der Waals surface area contributed by atoms with Gasteiger partial charge in [-0.3, -0.25) is 4.79 Å². The van der Waals surface area contributed by atoms with Crippen LogP contribution in [0.25, 0.3) is 0 Å². The Balaban J connectivity index is 1.88. The molecule has 2 fully saturated rings. The molecule has 0 heterocycles. The van der Waals surface area contributed by atoms with Crippen LogP contribution in [-0.2, 0) is 9.53 Å². The summed E-state index contributed by atoms with van der Waals surface area (Å²) < 4.78 is 5.72. The molecule has 0 aromatic rings. The Hall–Kier alpha value is -0.370. The van der Waals surface area contributed by atoms with Crippen molar-refractivity contribution >= 4 is 5.78 Å². The number of Topliss-reactive ketones (excluding diaryl/α,β-unsaturated/α-hetero) is 1. The molecule has 0 amide bonds. The normalized spacial score (nSPS) is 24.3. The van der Waals surface area contributed by atoms with E-state index in [4.69, 9.17) is 4.74 Å². The second-order valence-electron chi connectivity index (χ2n) is 5.39. The lowest BCUT2D eigenvalue weighted by molar-refractivity contribution is -0.135. The van der Waals surface area contributed by atoms with E-state index in [9.17, 15) is 4.79 Å². The zero-order valence-electron chi connectivity index (χ0n) is 10.4. The fourth-order valence-corrected chi connectivity index (χ4v) is 2.83. The van der Waals surface area contributed by atoms with Crippen LogP contribution in [0.4, 0.5) is 0 Å². The molecule has 0 aromatic carbocycles. The van der Waals surface area contributed by atoms with Crippen LogP contribution in [0.3, 0.4) is 0 Å². The van der Waals surface area contributed by atoms with E-state index >= 15 is 0 Å². The molecule has 16 heavy (non-hydrogen) atoms. The van der Waals surface area contributed by atoms with E-state index in [1.165, 1.54) is 44.9 Å². The Labute approximate surface area is 98.7 Å². The molecule has 0 saturated heterocycles. The average Bonchev–Trinajstić information content (AvgIpc) is 3.11. The first-order chi connectivity index (χ1) is 7.81. The van der Waals surface area contributed by atoms with Gasteiger partial charge < -0.3 is 4.74 Å². The number of carbonyl (C=O) groups excluding carboxylic acids is 1. The first-order valence-corrected chi connectivity index (χ1v) is 6.95. The molecule has 2 heteroatoms. The van der Waals surface area contributed by atoms with Gasteiger partial charge in [0.2, 0.25) is 0 Å². The molecule has 2 saturated carbocycles. The molecule has 0 spiro atoms. The van der Waals surface area contributed by atoms with Crippen molar-refractivity contribution in [2.75, 3.05) is 6.61 Å². The van der Waals surface area contributed by atoms with Crippen LogP contribution in [0.5, 0.6) is 0 Å². The lowest BCUT2D eigenvalue weighted by atomic mass is 9.83. The van der Waals surface area contributed by atoms with Crippen LogP contribution >= 0.6 is 0 Å². The van der Waals surface area contributed by atoms with Crippen LogP contribution in [0.15, 0.2) is 0 Å². The largest absolute Gasteiger partial charge is 0.370 e. The maximum Gasteiger partial charge on any atom is 0.162 e. The standard InChI is InChI=1S/C14H24O2/c1-2-16-14(12-6-4-3-5-7-12)13(15)10-11-8-9-11/h11-12,14H,2-10H2,1H3. The fourth-order valence-electron chi connectivity index (χ4n) is 2.83. The quantitative estimate of drug-likeness (QED) is 0.691. The Morgan fingerprint density at radius 1 is 1.19 bits per heavy atom. The molecular formula is C14H24O2. The number of hydrogen-bond acceptors (Lipinski definition) is 2. The van der Waals surface area contributed by atoms with Crippen molar-refractivity contribution in [3.63, 3.8) is 0 Å². The molecule has 0 aliphatic heterocycles. The predicted molar refractivity (Wildman–Crippen MR) is 64.3 cm³/mol. The number of hydrogen-bond donors (Lipinski definition) is 0. The highest BCUT2D eigenvalue weighted by Gasteiger charge is 2.33. The molecule has 1 unspecified atom stereocenters. The van der Waals surface area contributed by atoms with E-state index in [0.717, 1.165) is 6.42 Å². The first kappa shape index (κ1) is 12.1. The number of ketones is 1. The van der Waals surface area contributed by atoms with Crippen molar-refractivity contribution in [3.05, 3.63) is 0 Å². The number of rotatable bonds is 6. The lowest BCUT2D eigenvalue weighted by Crippen LogP contribution is -2.34. The molecule has 0 bridgehead atoms. The van der Waals surface area contributed by atoms with Gasteiger partial charge in [-0.15, -0.1) is 0 Å². The van der Waals surface area contributed by atoms with Crippen LogP contribution in [0, 0.1) is 11.8 Å². The van der Waals surface area contributed by atoms with Gasteiger partial charge in [-0.25, -0.2) is 0 Å². The molecule has 2 aliphatic rings. The smallest absolute Gasteiger partial charge is 0.162 e. The van der Waals surface area contributed by atoms with Gasteiger partial charge >= 0.3 is 0 Å². The van der Waals surface area contributed by atoms with Crippen molar-refractivity contribution in [3.8, 4) is 0 Å². The Morgan fingerprint density at radius 2 is 1.88 bits per heavy atom. The summed E-state index contributed by atoms with van der Waals surface area (Å²) >= 11 is 0. The molecule has 1 atom stereocenters. The predicted octanol–water partition coefficient (Wildman–Crippen LogP) is 3.34. The zero-order chi connectivity index (χ0) is 11.4. The number of carbonyl (C=O) groups is 1. The van der Waals surface area contributed by atoms with Crippen LogP contribution in [0.2, 0.25) is 0 Å². The van der Waals surface area contributed by atoms with Crippen LogP contribution in [0.1, 0.15) is 58.3 Å². The SMILES string of the molecule is CCOC(C(=O)CC1CC1)C1CCCCC1. The minimum Gasteiger partial charge on any atom is -0.370 e. The monoisotopic (exact) mass is 224 g/mol. The van der Waals surface area contributed by atoms with Crippen molar-refractivity contribution in [2.45, 2.75) is 64.4 Å². The molecule has 2 aliphatic carbocycles. The van der Waals surface area contributed by atoms with Crippen molar-refractivity contribution in [1.82, 2.24) is 0 Å². The number of ether oxygens (including phenoxy) is 1. The maximum absolute atomic E-state index is 12.2. The highest BCUT2D eigenvalue weighted by atomic mass is 16.5. The van der Waals surface area contributed by atoms with Gasteiger partial charge in [0, 0.05) is 13.0 Å².